The van der Waals surface area contributed by atoms with Gasteiger partial charge in [0.1, 0.15) is 11.6 Å². The monoisotopic (exact) mass is 398 g/mol. The van der Waals surface area contributed by atoms with Crippen molar-refractivity contribution in [3.8, 4) is 0 Å². The van der Waals surface area contributed by atoms with E-state index in [9.17, 15) is 18.4 Å². The third kappa shape index (κ3) is 5.40. The zero-order valence-corrected chi connectivity index (χ0v) is 15.4. The Balaban J connectivity index is 1.64. The summed E-state index contributed by atoms with van der Waals surface area (Å²) in [6.45, 7) is 0. The maximum absolute atomic E-state index is 13.0. The molecule has 2 amide bonds. The average molecular weight is 398 g/mol. The van der Waals surface area contributed by atoms with E-state index in [1.807, 2.05) is 0 Å². The second-order valence-electron chi connectivity index (χ2n) is 5.80. The number of anilines is 2. The zero-order valence-electron chi connectivity index (χ0n) is 14.6. The first-order valence-electron chi connectivity index (χ1n) is 8.35. The van der Waals surface area contributed by atoms with Gasteiger partial charge in [0.2, 0.25) is 5.91 Å². The van der Waals surface area contributed by atoms with Crippen molar-refractivity contribution in [3.63, 3.8) is 0 Å². The summed E-state index contributed by atoms with van der Waals surface area (Å²) in [5, 5.41) is 5.38. The van der Waals surface area contributed by atoms with Crippen molar-refractivity contribution in [2.45, 2.75) is 4.90 Å². The molecule has 0 aromatic heterocycles. The van der Waals surface area contributed by atoms with Crippen LogP contribution in [0.1, 0.15) is 10.4 Å². The molecule has 0 atom stereocenters. The van der Waals surface area contributed by atoms with Gasteiger partial charge in [0.15, 0.2) is 0 Å². The normalized spacial score (nSPS) is 10.4. The van der Waals surface area contributed by atoms with E-state index in [2.05, 4.69) is 10.6 Å². The number of amides is 2. The van der Waals surface area contributed by atoms with E-state index in [0.29, 0.717) is 11.4 Å². The average Bonchev–Trinajstić information content (AvgIpc) is 2.69. The number of rotatable bonds is 6. The van der Waals surface area contributed by atoms with Crippen LogP contribution >= 0.6 is 11.8 Å². The van der Waals surface area contributed by atoms with Gasteiger partial charge in [-0.05, 0) is 60.7 Å². The fraction of sp³-hybridized carbons (Fsp3) is 0.0476. The Morgan fingerprint density at radius 1 is 0.786 bits per heavy atom. The molecule has 4 nitrogen and oxygen atoms in total. The molecule has 0 heterocycles. The summed E-state index contributed by atoms with van der Waals surface area (Å²) in [6, 6.07) is 17.8. The number of nitrogens with one attached hydrogen (secondary N) is 2. The van der Waals surface area contributed by atoms with Gasteiger partial charge in [-0.3, -0.25) is 9.59 Å². The van der Waals surface area contributed by atoms with E-state index in [1.165, 1.54) is 48.2 Å². The van der Waals surface area contributed by atoms with Crippen LogP contribution in [-0.2, 0) is 4.79 Å². The Bertz CT molecular complexity index is 976. The highest BCUT2D eigenvalue weighted by Gasteiger charge is 2.13. The van der Waals surface area contributed by atoms with E-state index in [0.717, 1.165) is 4.90 Å². The number of halogens is 2. The first-order chi connectivity index (χ1) is 13.5. The summed E-state index contributed by atoms with van der Waals surface area (Å²) in [5.41, 5.74) is 1.10. The second kappa shape index (κ2) is 9.14. The highest BCUT2D eigenvalue weighted by Crippen LogP contribution is 2.21. The van der Waals surface area contributed by atoms with Crippen LogP contribution in [0.25, 0.3) is 0 Å². The Kier molecular flexibility index (Phi) is 6.39. The van der Waals surface area contributed by atoms with E-state index in [4.69, 9.17) is 0 Å². The fourth-order valence-corrected chi connectivity index (χ4v) is 3.09. The van der Waals surface area contributed by atoms with Crippen LogP contribution in [0.15, 0.2) is 77.7 Å². The van der Waals surface area contributed by atoms with Gasteiger partial charge in [0.25, 0.3) is 5.91 Å². The van der Waals surface area contributed by atoms with E-state index < -0.39 is 11.7 Å². The molecular formula is C21H16F2N2O2S. The summed E-state index contributed by atoms with van der Waals surface area (Å²) in [6.07, 6.45) is 0. The lowest BCUT2D eigenvalue weighted by Crippen LogP contribution is -2.19. The molecule has 7 heteroatoms. The maximum Gasteiger partial charge on any atom is 0.257 e. The molecule has 3 aromatic rings. The van der Waals surface area contributed by atoms with Crippen LogP contribution in [0.5, 0.6) is 0 Å². The molecule has 0 saturated heterocycles. The molecule has 3 rings (SSSR count). The molecule has 142 valence electrons. The topological polar surface area (TPSA) is 58.2 Å². The SMILES string of the molecule is O=C(CSc1ccc(F)cc1)Nc1ccccc1C(=O)Nc1ccc(F)cc1. The third-order valence-corrected chi connectivity index (χ3v) is 4.74. The molecule has 0 spiro atoms. The second-order valence-corrected chi connectivity index (χ2v) is 6.85. The van der Waals surface area contributed by atoms with Crippen molar-refractivity contribution in [1.82, 2.24) is 0 Å². The minimum Gasteiger partial charge on any atom is -0.325 e. The van der Waals surface area contributed by atoms with Gasteiger partial charge in [-0.25, -0.2) is 8.78 Å². The van der Waals surface area contributed by atoms with Crippen LogP contribution < -0.4 is 10.6 Å². The summed E-state index contributed by atoms with van der Waals surface area (Å²) in [4.78, 5) is 25.5. The maximum atomic E-state index is 13.0. The first-order valence-corrected chi connectivity index (χ1v) is 9.34. The van der Waals surface area contributed by atoms with Gasteiger partial charge in [-0.15, -0.1) is 11.8 Å². The number of carbonyl (C=O) groups is 2. The number of benzene rings is 3. The van der Waals surface area contributed by atoms with Gasteiger partial charge in [-0.2, -0.15) is 0 Å². The molecule has 0 aliphatic carbocycles. The zero-order chi connectivity index (χ0) is 19.9. The lowest BCUT2D eigenvalue weighted by molar-refractivity contribution is -0.113. The van der Waals surface area contributed by atoms with Crippen molar-refractivity contribution < 1.29 is 18.4 Å². The van der Waals surface area contributed by atoms with Crippen molar-refractivity contribution in [1.29, 1.82) is 0 Å². The van der Waals surface area contributed by atoms with E-state index in [-0.39, 0.29) is 23.0 Å². The predicted molar refractivity (Wildman–Crippen MR) is 107 cm³/mol. The highest BCUT2D eigenvalue weighted by molar-refractivity contribution is 8.00. The number of para-hydroxylation sites is 1. The standard InChI is InChI=1S/C21H16F2N2O2S/c22-14-5-9-16(10-6-14)24-21(27)18-3-1-2-4-19(18)25-20(26)13-28-17-11-7-15(23)8-12-17/h1-12H,13H2,(H,24,27)(H,25,26). The minimum atomic E-state index is -0.423. The quantitative estimate of drug-likeness (QED) is 0.578. The van der Waals surface area contributed by atoms with Crippen molar-refractivity contribution in [3.05, 3.63) is 90.0 Å². The Morgan fingerprint density at radius 3 is 2.07 bits per heavy atom. The van der Waals surface area contributed by atoms with Crippen LogP contribution in [0.4, 0.5) is 20.2 Å². The molecular weight excluding hydrogens is 382 g/mol. The summed E-state index contributed by atoms with van der Waals surface area (Å²) in [5.74, 6) is -1.34. The number of hydrogen-bond donors (Lipinski definition) is 2. The lowest BCUT2D eigenvalue weighted by Gasteiger charge is -2.11. The fourth-order valence-electron chi connectivity index (χ4n) is 2.39. The van der Waals surface area contributed by atoms with Gasteiger partial charge in [0, 0.05) is 10.6 Å². The van der Waals surface area contributed by atoms with Gasteiger partial charge in [-0.1, -0.05) is 12.1 Å². The summed E-state index contributed by atoms with van der Waals surface area (Å²) >= 11 is 1.26. The van der Waals surface area contributed by atoms with Gasteiger partial charge in [0.05, 0.1) is 17.0 Å². The number of hydrogen-bond acceptors (Lipinski definition) is 3. The predicted octanol–water partition coefficient (Wildman–Crippen LogP) is 4.95. The molecule has 0 aliphatic rings. The molecule has 0 aliphatic heterocycles. The van der Waals surface area contributed by atoms with Crippen molar-refractivity contribution in [2.24, 2.45) is 0 Å². The largest absolute Gasteiger partial charge is 0.325 e. The molecule has 2 N–H and O–H groups in total. The van der Waals surface area contributed by atoms with Gasteiger partial charge >= 0.3 is 0 Å². The van der Waals surface area contributed by atoms with Crippen LogP contribution in [0, 0.1) is 11.6 Å². The van der Waals surface area contributed by atoms with E-state index >= 15 is 0 Å². The molecule has 0 radical (unpaired) electrons. The van der Waals surface area contributed by atoms with E-state index in [1.54, 1.807) is 36.4 Å². The number of thioether (sulfide) groups is 1. The molecule has 28 heavy (non-hydrogen) atoms. The van der Waals surface area contributed by atoms with Gasteiger partial charge < -0.3 is 10.6 Å². The first kappa shape index (κ1) is 19.6. The minimum absolute atomic E-state index is 0.111. The van der Waals surface area contributed by atoms with Crippen LogP contribution in [0.2, 0.25) is 0 Å². The third-order valence-electron chi connectivity index (χ3n) is 3.73. The highest BCUT2D eigenvalue weighted by atomic mass is 32.2. The number of carbonyl (C=O) groups excluding carboxylic acids is 2. The van der Waals surface area contributed by atoms with Crippen molar-refractivity contribution >= 4 is 35.0 Å². The molecule has 0 saturated carbocycles. The van der Waals surface area contributed by atoms with Crippen LogP contribution in [-0.4, -0.2) is 17.6 Å². The molecule has 0 unspecified atom stereocenters. The molecule has 3 aromatic carbocycles. The molecule has 0 bridgehead atoms. The Hall–Kier alpha value is -3.19. The van der Waals surface area contributed by atoms with Crippen molar-refractivity contribution in [2.75, 3.05) is 16.4 Å². The lowest BCUT2D eigenvalue weighted by atomic mass is 10.1. The van der Waals surface area contributed by atoms with Crippen LogP contribution in [0.3, 0.4) is 0 Å². The smallest absolute Gasteiger partial charge is 0.257 e. The molecule has 0 fully saturated rings. The Labute approximate surface area is 165 Å². The Morgan fingerprint density at radius 2 is 1.39 bits per heavy atom. The summed E-state index contributed by atoms with van der Waals surface area (Å²) in [7, 11) is 0. The summed E-state index contributed by atoms with van der Waals surface area (Å²) < 4.78 is 25.9.